The second-order valence-electron chi connectivity index (χ2n) is 6.25. The maximum atomic E-state index is 12.7. The number of aryl methyl sites for hydroxylation is 2. The molecule has 1 amide bonds. The van der Waals surface area contributed by atoms with Crippen LogP contribution in [0, 0.1) is 19.8 Å². The van der Waals surface area contributed by atoms with E-state index in [9.17, 15) is 9.59 Å². The number of carbonyl (C=O) groups excluding carboxylic acids is 2. The van der Waals surface area contributed by atoms with Crippen LogP contribution in [0.1, 0.15) is 34.2 Å². The number of rotatable bonds is 6. The lowest BCUT2D eigenvalue weighted by atomic mass is 9.92. The molecule has 1 N–H and O–H groups in total. The van der Waals surface area contributed by atoms with Crippen LogP contribution in [0.15, 0.2) is 30.3 Å². The Morgan fingerprint density at radius 1 is 1.24 bits per heavy atom. The lowest BCUT2D eigenvalue weighted by Crippen LogP contribution is -2.43. The van der Waals surface area contributed by atoms with Gasteiger partial charge in [-0.1, -0.05) is 30.3 Å². The van der Waals surface area contributed by atoms with Crippen molar-refractivity contribution < 1.29 is 14.3 Å². The molecule has 0 saturated heterocycles. The van der Waals surface area contributed by atoms with Crippen LogP contribution >= 0.6 is 0 Å². The Morgan fingerprint density at radius 2 is 1.88 bits per heavy atom. The van der Waals surface area contributed by atoms with Crippen molar-refractivity contribution in [3.05, 3.63) is 52.8 Å². The molecule has 0 aliphatic carbocycles. The van der Waals surface area contributed by atoms with E-state index in [0.29, 0.717) is 17.7 Å². The van der Waals surface area contributed by atoms with Crippen LogP contribution in [0.25, 0.3) is 0 Å². The standard InChI is InChI=1S/C19H25N3O3/c1-12(20-18(23)17-13(2)21-22(4)14(17)3)16(19(24)25-5)11-15-9-7-6-8-10-15/h6-10,12,16H,11H2,1-5H3,(H,20,23)/t12-,16-/m0/s1. The van der Waals surface area contributed by atoms with E-state index in [1.165, 1.54) is 7.11 Å². The molecule has 0 saturated carbocycles. The van der Waals surface area contributed by atoms with Gasteiger partial charge in [0.25, 0.3) is 5.91 Å². The first-order valence-corrected chi connectivity index (χ1v) is 8.28. The van der Waals surface area contributed by atoms with Crippen molar-refractivity contribution in [1.29, 1.82) is 0 Å². The Balaban J connectivity index is 2.17. The molecule has 6 heteroatoms. The summed E-state index contributed by atoms with van der Waals surface area (Å²) in [5, 5.41) is 7.20. The Labute approximate surface area is 148 Å². The van der Waals surface area contributed by atoms with Crippen molar-refractivity contribution in [2.45, 2.75) is 33.2 Å². The molecule has 6 nitrogen and oxygen atoms in total. The Hall–Kier alpha value is -2.63. The summed E-state index contributed by atoms with van der Waals surface area (Å²) in [4.78, 5) is 24.9. The van der Waals surface area contributed by atoms with Crippen molar-refractivity contribution in [2.75, 3.05) is 7.11 Å². The number of hydrogen-bond acceptors (Lipinski definition) is 4. The zero-order valence-electron chi connectivity index (χ0n) is 15.4. The van der Waals surface area contributed by atoms with E-state index in [0.717, 1.165) is 11.3 Å². The molecule has 1 aromatic heterocycles. The molecular formula is C19H25N3O3. The van der Waals surface area contributed by atoms with Gasteiger partial charge in [-0.25, -0.2) is 0 Å². The van der Waals surface area contributed by atoms with Crippen LogP contribution in [-0.2, 0) is 23.0 Å². The van der Waals surface area contributed by atoms with E-state index >= 15 is 0 Å². The summed E-state index contributed by atoms with van der Waals surface area (Å²) < 4.78 is 6.62. The third-order valence-corrected chi connectivity index (χ3v) is 4.50. The number of nitrogens with zero attached hydrogens (tertiary/aromatic N) is 2. The van der Waals surface area contributed by atoms with E-state index < -0.39 is 5.92 Å². The van der Waals surface area contributed by atoms with Crippen LogP contribution < -0.4 is 5.32 Å². The van der Waals surface area contributed by atoms with Gasteiger partial charge in [0.2, 0.25) is 0 Å². The molecule has 0 aliphatic rings. The zero-order valence-corrected chi connectivity index (χ0v) is 15.4. The number of esters is 1. The molecule has 0 spiro atoms. The van der Waals surface area contributed by atoms with E-state index in [1.54, 1.807) is 18.7 Å². The summed E-state index contributed by atoms with van der Waals surface area (Å²) in [5.74, 6) is -1.03. The lowest BCUT2D eigenvalue weighted by molar-refractivity contribution is -0.146. The van der Waals surface area contributed by atoms with E-state index in [4.69, 9.17) is 4.74 Å². The molecule has 2 aromatic rings. The van der Waals surface area contributed by atoms with Gasteiger partial charge in [0, 0.05) is 18.8 Å². The van der Waals surface area contributed by atoms with Crippen molar-refractivity contribution in [2.24, 2.45) is 13.0 Å². The molecule has 1 heterocycles. The summed E-state index contributed by atoms with van der Waals surface area (Å²) >= 11 is 0. The minimum absolute atomic E-state index is 0.224. The van der Waals surface area contributed by atoms with Crippen molar-refractivity contribution in [3.63, 3.8) is 0 Å². The molecule has 1 aromatic carbocycles. The van der Waals surface area contributed by atoms with Gasteiger partial charge >= 0.3 is 5.97 Å². The Bertz CT molecular complexity index is 753. The van der Waals surface area contributed by atoms with Gasteiger partial charge in [-0.2, -0.15) is 5.10 Å². The van der Waals surface area contributed by atoms with Crippen LogP contribution in [-0.4, -0.2) is 34.8 Å². The lowest BCUT2D eigenvalue weighted by Gasteiger charge is -2.23. The molecule has 2 rings (SSSR count). The number of ether oxygens (including phenoxy) is 1. The van der Waals surface area contributed by atoms with Crippen molar-refractivity contribution >= 4 is 11.9 Å². The van der Waals surface area contributed by atoms with E-state index in [-0.39, 0.29) is 17.9 Å². The molecule has 25 heavy (non-hydrogen) atoms. The molecule has 134 valence electrons. The van der Waals surface area contributed by atoms with Gasteiger partial charge in [-0.15, -0.1) is 0 Å². The summed E-state index contributed by atoms with van der Waals surface area (Å²) in [6.07, 6.45) is 0.500. The smallest absolute Gasteiger partial charge is 0.311 e. The first-order chi connectivity index (χ1) is 11.8. The normalized spacial score (nSPS) is 13.2. The summed E-state index contributed by atoms with van der Waals surface area (Å²) in [6, 6.07) is 9.32. The van der Waals surface area contributed by atoms with Crippen LogP contribution in [0.3, 0.4) is 0 Å². The number of carbonyl (C=O) groups is 2. The molecule has 0 bridgehead atoms. The fraction of sp³-hybridized carbons (Fsp3) is 0.421. The summed E-state index contributed by atoms with van der Waals surface area (Å²) in [7, 11) is 3.17. The van der Waals surface area contributed by atoms with Gasteiger partial charge in [0.05, 0.1) is 24.3 Å². The highest BCUT2D eigenvalue weighted by Gasteiger charge is 2.29. The van der Waals surface area contributed by atoms with E-state index in [1.807, 2.05) is 44.2 Å². The number of methoxy groups -OCH3 is 1. The Morgan fingerprint density at radius 3 is 2.40 bits per heavy atom. The van der Waals surface area contributed by atoms with Gasteiger partial charge in [-0.3, -0.25) is 14.3 Å². The third kappa shape index (κ3) is 4.26. The van der Waals surface area contributed by atoms with Crippen molar-refractivity contribution in [3.8, 4) is 0 Å². The van der Waals surface area contributed by atoms with Crippen LogP contribution in [0.2, 0.25) is 0 Å². The molecule has 0 radical (unpaired) electrons. The van der Waals surface area contributed by atoms with E-state index in [2.05, 4.69) is 10.4 Å². The maximum absolute atomic E-state index is 12.7. The number of amides is 1. The zero-order chi connectivity index (χ0) is 18.6. The minimum atomic E-state index is -0.464. The second kappa shape index (κ2) is 7.96. The third-order valence-electron chi connectivity index (χ3n) is 4.50. The fourth-order valence-corrected chi connectivity index (χ4v) is 2.97. The molecular weight excluding hydrogens is 318 g/mol. The van der Waals surface area contributed by atoms with Crippen molar-refractivity contribution in [1.82, 2.24) is 15.1 Å². The minimum Gasteiger partial charge on any atom is -0.469 e. The monoisotopic (exact) mass is 343 g/mol. The molecule has 0 aliphatic heterocycles. The topological polar surface area (TPSA) is 73.2 Å². The molecule has 2 atom stereocenters. The highest BCUT2D eigenvalue weighted by molar-refractivity contribution is 5.96. The number of benzene rings is 1. The average Bonchev–Trinajstić information content (AvgIpc) is 2.85. The van der Waals surface area contributed by atoms with Crippen LogP contribution in [0.4, 0.5) is 0 Å². The highest BCUT2D eigenvalue weighted by atomic mass is 16.5. The largest absolute Gasteiger partial charge is 0.469 e. The summed E-state index contributed by atoms with van der Waals surface area (Å²) in [6.45, 7) is 5.47. The van der Waals surface area contributed by atoms with Gasteiger partial charge < -0.3 is 10.1 Å². The summed E-state index contributed by atoms with van der Waals surface area (Å²) in [5.41, 5.74) is 3.03. The first-order valence-electron chi connectivity index (χ1n) is 8.28. The number of nitrogens with one attached hydrogen (secondary N) is 1. The second-order valence-corrected chi connectivity index (χ2v) is 6.25. The number of aromatic nitrogens is 2. The SMILES string of the molecule is COC(=O)[C@@H](Cc1ccccc1)[C@H](C)NC(=O)c1c(C)nn(C)c1C. The first kappa shape index (κ1) is 18.7. The van der Waals surface area contributed by atoms with Gasteiger partial charge in [0.1, 0.15) is 0 Å². The quantitative estimate of drug-likeness (QED) is 0.816. The molecule has 0 unspecified atom stereocenters. The fourth-order valence-electron chi connectivity index (χ4n) is 2.97. The van der Waals surface area contributed by atoms with Crippen LogP contribution in [0.5, 0.6) is 0 Å². The maximum Gasteiger partial charge on any atom is 0.311 e. The highest BCUT2D eigenvalue weighted by Crippen LogP contribution is 2.17. The number of hydrogen-bond donors (Lipinski definition) is 1. The predicted molar refractivity (Wildman–Crippen MR) is 95.3 cm³/mol. The Kier molecular flexibility index (Phi) is 5.96. The van der Waals surface area contributed by atoms with Gasteiger partial charge in [-0.05, 0) is 32.8 Å². The molecule has 0 fully saturated rings. The average molecular weight is 343 g/mol. The van der Waals surface area contributed by atoms with Gasteiger partial charge in [0.15, 0.2) is 0 Å². The predicted octanol–water partition coefficient (Wildman–Crippen LogP) is 2.19.